The Morgan fingerprint density at radius 3 is 2.48 bits per heavy atom. The van der Waals surface area contributed by atoms with Gasteiger partial charge < -0.3 is 10.3 Å². The zero-order valence-corrected chi connectivity index (χ0v) is 19.4. The minimum Gasteiger partial charge on any atom is -0.324 e. The molecule has 4 rings (SSSR count). The van der Waals surface area contributed by atoms with Crippen LogP contribution in [-0.4, -0.2) is 33.4 Å². The SMILES string of the molecule is CC(C)N(CC(=O)Nc1ccccc1Sc1ccccc1)Cc1nc2ccccc2c(=O)[nH]1. The van der Waals surface area contributed by atoms with E-state index in [1.54, 1.807) is 17.8 Å². The van der Waals surface area contributed by atoms with Gasteiger partial charge in [0.1, 0.15) is 5.82 Å². The van der Waals surface area contributed by atoms with Gasteiger partial charge in [0.2, 0.25) is 5.91 Å². The monoisotopic (exact) mass is 458 g/mol. The fraction of sp³-hybridized carbons (Fsp3) is 0.192. The van der Waals surface area contributed by atoms with Crippen molar-refractivity contribution in [2.75, 3.05) is 11.9 Å². The van der Waals surface area contributed by atoms with Crippen LogP contribution in [0.1, 0.15) is 19.7 Å². The molecule has 0 radical (unpaired) electrons. The number of H-pyrrole nitrogens is 1. The van der Waals surface area contributed by atoms with Crippen molar-refractivity contribution in [3.05, 3.63) is 95.0 Å². The Kier molecular flexibility index (Phi) is 7.22. The number of nitrogens with one attached hydrogen (secondary N) is 2. The predicted molar refractivity (Wildman–Crippen MR) is 134 cm³/mol. The molecule has 0 aliphatic carbocycles. The van der Waals surface area contributed by atoms with E-state index in [1.807, 2.05) is 91.5 Å². The number of nitrogens with zero attached hydrogens (tertiary/aromatic N) is 2. The van der Waals surface area contributed by atoms with Crippen molar-refractivity contribution in [2.24, 2.45) is 0 Å². The van der Waals surface area contributed by atoms with Crippen LogP contribution in [0.2, 0.25) is 0 Å². The molecule has 1 heterocycles. The fourth-order valence-corrected chi connectivity index (χ4v) is 4.39. The number of hydrogen-bond donors (Lipinski definition) is 2. The Bertz CT molecular complexity index is 1300. The number of anilines is 1. The molecule has 2 N–H and O–H groups in total. The molecule has 0 bridgehead atoms. The summed E-state index contributed by atoms with van der Waals surface area (Å²) in [5.41, 5.74) is 1.25. The van der Waals surface area contributed by atoms with Crippen LogP contribution in [0.3, 0.4) is 0 Å². The predicted octanol–water partition coefficient (Wildman–Crippen LogP) is 4.92. The standard InChI is InChI=1S/C26H26N4O2S/c1-18(2)30(16-24-27-21-13-7-6-12-20(21)26(32)29-24)17-25(31)28-22-14-8-9-15-23(22)33-19-10-4-3-5-11-19/h3-15,18H,16-17H2,1-2H3,(H,28,31)(H,27,29,32). The Morgan fingerprint density at radius 1 is 1.00 bits per heavy atom. The van der Waals surface area contributed by atoms with Crippen molar-refractivity contribution in [3.63, 3.8) is 0 Å². The van der Waals surface area contributed by atoms with Gasteiger partial charge in [-0.15, -0.1) is 0 Å². The second-order valence-corrected chi connectivity index (χ2v) is 9.10. The van der Waals surface area contributed by atoms with E-state index in [0.29, 0.717) is 23.3 Å². The lowest BCUT2D eigenvalue weighted by atomic mass is 10.2. The second-order valence-electron chi connectivity index (χ2n) is 7.99. The summed E-state index contributed by atoms with van der Waals surface area (Å²) in [6.45, 7) is 4.58. The van der Waals surface area contributed by atoms with Crippen molar-refractivity contribution in [2.45, 2.75) is 36.2 Å². The number of para-hydroxylation sites is 2. The number of amides is 1. The molecule has 0 saturated carbocycles. The summed E-state index contributed by atoms with van der Waals surface area (Å²) in [4.78, 5) is 36.9. The molecule has 3 aromatic carbocycles. The zero-order valence-electron chi connectivity index (χ0n) is 18.6. The van der Waals surface area contributed by atoms with Gasteiger partial charge in [0, 0.05) is 15.8 Å². The van der Waals surface area contributed by atoms with Crippen molar-refractivity contribution >= 4 is 34.3 Å². The van der Waals surface area contributed by atoms with E-state index in [4.69, 9.17) is 0 Å². The molecule has 0 aliphatic heterocycles. The summed E-state index contributed by atoms with van der Waals surface area (Å²) in [7, 11) is 0. The maximum atomic E-state index is 12.9. The molecular formula is C26H26N4O2S. The van der Waals surface area contributed by atoms with Gasteiger partial charge in [0.15, 0.2) is 0 Å². The molecule has 0 atom stereocenters. The van der Waals surface area contributed by atoms with Crippen molar-refractivity contribution in [1.82, 2.24) is 14.9 Å². The number of carbonyl (C=O) groups excluding carboxylic acids is 1. The van der Waals surface area contributed by atoms with Crippen LogP contribution in [0.25, 0.3) is 10.9 Å². The minimum absolute atomic E-state index is 0.0847. The van der Waals surface area contributed by atoms with E-state index in [1.165, 1.54) is 0 Å². The summed E-state index contributed by atoms with van der Waals surface area (Å²) in [5, 5.41) is 3.61. The highest BCUT2D eigenvalue weighted by atomic mass is 32.2. The van der Waals surface area contributed by atoms with Gasteiger partial charge >= 0.3 is 0 Å². The number of carbonyl (C=O) groups is 1. The fourth-order valence-electron chi connectivity index (χ4n) is 3.47. The lowest BCUT2D eigenvalue weighted by Gasteiger charge is -2.25. The smallest absolute Gasteiger partial charge is 0.258 e. The first-order chi connectivity index (χ1) is 16.0. The van der Waals surface area contributed by atoms with Gasteiger partial charge in [0.25, 0.3) is 5.56 Å². The number of benzene rings is 3. The average molecular weight is 459 g/mol. The van der Waals surface area contributed by atoms with Crippen LogP contribution in [0.5, 0.6) is 0 Å². The largest absolute Gasteiger partial charge is 0.324 e. The Balaban J connectivity index is 1.47. The number of hydrogen-bond acceptors (Lipinski definition) is 5. The molecule has 6 nitrogen and oxygen atoms in total. The first-order valence-electron chi connectivity index (χ1n) is 10.8. The maximum absolute atomic E-state index is 12.9. The highest BCUT2D eigenvalue weighted by Gasteiger charge is 2.17. The van der Waals surface area contributed by atoms with Gasteiger partial charge in [0.05, 0.1) is 29.7 Å². The summed E-state index contributed by atoms with van der Waals surface area (Å²) in [5.74, 6) is 0.424. The third-order valence-corrected chi connectivity index (χ3v) is 6.31. The van der Waals surface area contributed by atoms with Crippen LogP contribution in [0.4, 0.5) is 5.69 Å². The van der Waals surface area contributed by atoms with Gasteiger partial charge in [-0.25, -0.2) is 4.98 Å². The van der Waals surface area contributed by atoms with E-state index in [0.717, 1.165) is 15.5 Å². The molecular weight excluding hydrogens is 432 g/mol. The molecule has 0 spiro atoms. The number of rotatable bonds is 8. The van der Waals surface area contributed by atoms with Crippen LogP contribution in [0.15, 0.2) is 93.4 Å². The van der Waals surface area contributed by atoms with Crippen molar-refractivity contribution in [3.8, 4) is 0 Å². The minimum atomic E-state index is -0.171. The van der Waals surface area contributed by atoms with Crippen LogP contribution in [0, 0.1) is 0 Å². The molecule has 1 amide bonds. The van der Waals surface area contributed by atoms with E-state index in [2.05, 4.69) is 15.3 Å². The van der Waals surface area contributed by atoms with Crippen LogP contribution >= 0.6 is 11.8 Å². The average Bonchev–Trinajstić information content (AvgIpc) is 2.80. The molecule has 0 fully saturated rings. The third-order valence-electron chi connectivity index (χ3n) is 5.22. The Labute approximate surface area is 197 Å². The molecule has 0 unspecified atom stereocenters. The van der Waals surface area contributed by atoms with Crippen molar-refractivity contribution < 1.29 is 4.79 Å². The normalized spacial score (nSPS) is 11.3. The van der Waals surface area contributed by atoms with E-state index in [9.17, 15) is 9.59 Å². The summed E-state index contributed by atoms with van der Waals surface area (Å²) < 4.78 is 0. The van der Waals surface area contributed by atoms with E-state index in [-0.39, 0.29) is 24.1 Å². The number of aromatic amines is 1. The van der Waals surface area contributed by atoms with E-state index < -0.39 is 0 Å². The molecule has 33 heavy (non-hydrogen) atoms. The first kappa shape index (κ1) is 22.8. The molecule has 0 saturated heterocycles. The topological polar surface area (TPSA) is 78.1 Å². The lowest BCUT2D eigenvalue weighted by Crippen LogP contribution is -2.38. The van der Waals surface area contributed by atoms with Gasteiger partial charge in [-0.3, -0.25) is 14.5 Å². The molecule has 0 aliphatic rings. The summed E-state index contributed by atoms with van der Waals surface area (Å²) in [6.07, 6.45) is 0. The molecule has 7 heteroatoms. The second kappa shape index (κ2) is 10.5. The maximum Gasteiger partial charge on any atom is 0.258 e. The van der Waals surface area contributed by atoms with Gasteiger partial charge in [-0.1, -0.05) is 54.2 Å². The van der Waals surface area contributed by atoms with Crippen LogP contribution in [-0.2, 0) is 11.3 Å². The first-order valence-corrected chi connectivity index (χ1v) is 11.6. The molecule has 4 aromatic rings. The van der Waals surface area contributed by atoms with Gasteiger partial charge in [-0.2, -0.15) is 0 Å². The lowest BCUT2D eigenvalue weighted by molar-refractivity contribution is -0.117. The van der Waals surface area contributed by atoms with Crippen LogP contribution < -0.4 is 10.9 Å². The highest BCUT2D eigenvalue weighted by Crippen LogP contribution is 2.33. The molecule has 1 aromatic heterocycles. The number of fused-ring (bicyclic) bond motifs is 1. The van der Waals surface area contributed by atoms with Gasteiger partial charge in [-0.05, 0) is 50.2 Å². The number of aromatic nitrogens is 2. The molecule has 168 valence electrons. The van der Waals surface area contributed by atoms with E-state index >= 15 is 0 Å². The third kappa shape index (κ3) is 5.88. The quantitative estimate of drug-likeness (QED) is 0.392. The zero-order chi connectivity index (χ0) is 23.2. The Morgan fingerprint density at radius 2 is 1.70 bits per heavy atom. The highest BCUT2D eigenvalue weighted by molar-refractivity contribution is 7.99. The summed E-state index contributed by atoms with van der Waals surface area (Å²) in [6, 6.07) is 25.2. The Hall–Kier alpha value is -3.42. The van der Waals surface area contributed by atoms with Crippen molar-refractivity contribution in [1.29, 1.82) is 0 Å². The summed E-state index contributed by atoms with van der Waals surface area (Å²) >= 11 is 1.61.